The summed E-state index contributed by atoms with van der Waals surface area (Å²) in [5.41, 5.74) is 0.635. The van der Waals surface area contributed by atoms with E-state index in [9.17, 15) is 4.79 Å². The summed E-state index contributed by atoms with van der Waals surface area (Å²) in [6, 6.07) is 9.28. The standard InChI is InChI=1S/C18H24N2O3/c1-17(2)15(12-18(17,3)22-4)20-16(21)11-13-5-7-14(8-6-13)23-10-9-19/h5-8,15H,10-12H2,1-4H3,(H,20,21)/t15-,18+/m0/s1. The molecule has 0 radical (unpaired) electrons. The van der Waals surface area contributed by atoms with E-state index in [1.165, 1.54) is 0 Å². The van der Waals surface area contributed by atoms with Gasteiger partial charge in [-0.15, -0.1) is 0 Å². The first-order valence-electron chi connectivity index (χ1n) is 7.75. The molecule has 0 aromatic heterocycles. The van der Waals surface area contributed by atoms with Gasteiger partial charge in [0.15, 0.2) is 6.61 Å². The van der Waals surface area contributed by atoms with Gasteiger partial charge in [0, 0.05) is 18.6 Å². The number of amides is 1. The maximum absolute atomic E-state index is 12.2. The number of carbonyl (C=O) groups is 1. The van der Waals surface area contributed by atoms with Gasteiger partial charge in [0.05, 0.1) is 12.0 Å². The zero-order valence-corrected chi connectivity index (χ0v) is 14.2. The van der Waals surface area contributed by atoms with Crippen LogP contribution in [0.4, 0.5) is 0 Å². The van der Waals surface area contributed by atoms with Gasteiger partial charge >= 0.3 is 0 Å². The van der Waals surface area contributed by atoms with Crippen LogP contribution in [0.2, 0.25) is 0 Å². The van der Waals surface area contributed by atoms with E-state index in [1.807, 2.05) is 18.2 Å². The number of nitriles is 1. The number of rotatable bonds is 6. The average Bonchev–Trinajstić information content (AvgIpc) is 2.53. The first-order valence-corrected chi connectivity index (χ1v) is 7.75. The normalized spacial score (nSPS) is 25.1. The van der Waals surface area contributed by atoms with Crippen LogP contribution in [0.5, 0.6) is 5.75 Å². The largest absolute Gasteiger partial charge is 0.479 e. The molecule has 2 rings (SSSR count). The molecule has 0 aliphatic heterocycles. The van der Waals surface area contributed by atoms with Crippen LogP contribution in [0.3, 0.4) is 0 Å². The van der Waals surface area contributed by atoms with Crippen LogP contribution in [-0.4, -0.2) is 31.3 Å². The van der Waals surface area contributed by atoms with Gasteiger partial charge in [-0.1, -0.05) is 26.0 Å². The van der Waals surface area contributed by atoms with Crippen LogP contribution < -0.4 is 10.1 Å². The molecule has 1 saturated carbocycles. The van der Waals surface area contributed by atoms with Gasteiger partial charge in [0.25, 0.3) is 0 Å². The third kappa shape index (κ3) is 3.48. The van der Waals surface area contributed by atoms with Crippen molar-refractivity contribution in [1.29, 1.82) is 5.26 Å². The molecule has 0 saturated heterocycles. The summed E-state index contributed by atoms with van der Waals surface area (Å²) in [5, 5.41) is 11.6. The number of hydrogen-bond acceptors (Lipinski definition) is 4. The number of nitrogens with one attached hydrogen (secondary N) is 1. The van der Waals surface area contributed by atoms with E-state index in [-0.39, 0.29) is 29.6 Å². The minimum Gasteiger partial charge on any atom is -0.479 e. The summed E-state index contributed by atoms with van der Waals surface area (Å²) in [6.45, 7) is 6.34. The van der Waals surface area contributed by atoms with E-state index in [2.05, 4.69) is 26.1 Å². The quantitative estimate of drug-likeness (QED) is 0.875. The van der Waals surface area contributed by atoms with Crippen molar-refractivity contribution in [1.82, 2.24) is 5.32 Å². The Bertz CT molecular complexity index is 604. The van der Waals surface area contributed by atoms with Crippen LogP contribution in [0.15, 0.2) is 24.3 Å². The van der Waals surface area contributed by atoms with E-state index in [4.69, 9.17) is 14.7 Å². The highest BCUT2D eigenvalue weighted by atomic mass is 16.5. The first-order chi connectivity index (χ1) is 10.8. The number of ether oxygens (including phenoxy) is 2. The van der Waals surface area contributed by atoms with E-state index >= 15 is 0 Å². The van der Waals surface area contributed by atoms with Gasteiger partial charge in [-0.05, 0) is 31.0 Å². The summed E-state index contributed by atoms with van der Waals surface area (Å²) >= 11 is 0. The smallest absolute Gasteiger partial charge is 0.224 e. The Morgan fingerprint density at radius 1 is 1.35 bits per heavy atom. The molecule has 0 spiro atoms. The Labute approximate surface area is 137 Å². The van der Waals surface area contributed by atoms with Crippen molar-refractivity contribution in [3.8, 4) is 11.8 Å². The molecule has 5 nitrogen and oxygen atoms in total. The van der Waals surface area contributed by atoms with Crippen molar-refractivity contribution in [3.05, 3.63) is 29.8 Å². The number of benzene rings is 1. The SMILES string of the molecule is CO[C@]1(C)C[C@H](NC(=O)Cc2ccc(OCC#N)cc2)C1(C)C. The third-order valence-electron chi connectivity index (χ3n) is 5.20. The average molecular weight is 316 g/mol. The van der Waals surface area contributed by atoms with Gasteiger partial charge in [0.2, 0.25) is 5.91 Å². The Morgan fingerprint density at radius 2 is 2.00 bits per heavy atom. The molecule has 1 aliphatic rings. The molecule has 23 heavy (non-hydrogen) atoms. The van der Waals surface area contributed by atoms with Crippen molar-refractivity contribution < 1.29 is 14.3 Å². The minimum absolute atomic E-state index is 0.00641. The summed E-state index contributed by atoms with van der Waals surface area (Å²) in [4.78, 5) is 12.2. The molecule has 0 heterocycles. The van der Waals surface area contributed by atoms with Crippen LogP contribution in [-0.2, 0) is 16.0 Å². The monoisotopic (exact) mass is 316 g/mol. The lowest BCUT2D eigenvalue weighted by atomic mass is 9.56. The van der Waals surface area contributed by atoms with Crippen molar-refractivity contribution in [3.63, 3.8) is 0 Å². The minimum atomic E-state index is -0.190. The Morgan fingerprint density at radius 3 is 2.52 bits per heavy atom. The highest BCUT2D eigenvalue weighted by Gasteiger charge is 2.58. The second-order valence-corrected chi connectivity index (χ2v) is 6.75. The summed E-state index contributed by atoms with van der Waals surface area (Å²) in [7, 11) is 1.72. The highest BCUT2D eigenvalue weighted by molar-refractivity contribution is 5.79. The Kier molecular flexibility index (Phi) is 4.96. The molecule has 0 bridgehead atoms. The third-order valence-corrected chi connectivity index (χ3v) is 5.20. The van der Waals surface area contributed by atoms with E-state index in [0.717, 1.165) is 12.0 Å². The summed E-state index contributed by atoms with van der Waals surface area (Å²) in [5.74, 6) is 0.638. The number of hydrogen-bond donors (Lipinski definition) is 1. The molecule has 1 fully saturated rings. The van der Waals surface area contributed by atoms with Crippen LogP contribution in [0.1, 0.15) is 32.8 Å². The topological polar surface area (TPSA) is 71.3 Å². The van der Waals surface area contributed by atoms with Crippen molar-refractivity contribution in [2.24, 2.45) is 5.41 Å². The molecule has 1 aliphatic carbocycles. The highest BCUT2D eigenvalue weighted by Crippen LogP contribution is 2.51. The van der Waals surface area contributed by atoms with Gasteiger partial charge in [-0.25, -0.2) is 0 Å². The maximum atomic E-state index is 12.2. The van der Waals surface area contributed by atoms with E-state index < -0.39 is 0 Å². The fourth-order valence-electron chi connectivity index (χ4n) is 2.97. The molecule has 124 valence electrons. The fourth-order valence-corrected chi connectivity index (χ4v) is 2.97. The van der Waals surface area contributed by atoms with E-state index in [0.29, 0.717) is 12.2 Å². The Hall–Kier alpha value is -2.06. The molecule has 0 unspecified atom stereocenters. The zero-order chi connectivity index (χ0) is 17.1. The molecule has 1 aromatic carbocycles. The van der Waals surface area contributed by atoms with Gasteiger partial charge < -0.3 is 14.8 Å². The predicted octanol–water partition coefficient (Wildman–Crippen LogP) is 2.45. The lowest BCUT2D eigenvalue weighted by Crippen LogP contribution is -2.68. The number of methoxy groups -OCH3 is 1. The van der Waals surface area contributed by atoms with Crippen molar-refractivity contribution >= 4 is 5.91 Å². The fraction of sp³-hybridized carbons (Fsp3) is 0.556. The van der Waals surface area contributed by atoms with Gasteiger partial charge in [-0.2, -0.15) is 5.26 Å². The number of nitrogens with zero attached hydrogens (tertiary/aromatic N) is 1. The van der Waals surface area contributed by atoms with Gasteiger partial charge in [-0.3, -0.25) is 4.79 Å². The van der Waals surface area contributed by atoms with E-state index in [1.54, 1.807) is 19.2 Å². The molecule has 1 aromatic rings. The Balaban J connectivity index is 1.87. The maximum Gasteiger partial charge on any atom is 0.224 e. The molecular weight excluding hydrogens is 292 g/mol. The molecule has 5 heteroatoms. The lowest BCUT2D eigenvalue weighted by molar-refractivity contribution is -0.182. The van der Waals surface area contributed by atoms with Crippen molar-refractivity contribution in [2.75, 3.05) is 13.7 Å². The van der Waals surface area contributed by atoms with Gasteiger partial charge in [0.1, 0.15) is 11.8 Å². The first kappa shape index (κ1) is 17.3. The van der Waals surface area contributed by atoms with Crippen LogP contribution in [0, 0.1) is 16.7 Å². The van der Waals surface area contributed by atoms with Crippen LogP contribution >= 0.6 is 0 Å². The number of carbonyl (C=O) groups excluding carboxylic acids is 1. The molecular formula is C18H24N2O3. The second-order valence-electron chi connectivity index (χ2n) is 6.75. The predicted molar refractivity (Wildman–Crippen MR) is 87.0 cm³/mol. The molecule has 1 amide bonds. The molecule has 1 N–H and O–H groups in total. The summed E-state index contributed by atoms with van der Waals surface area (Å²) < 4.78 is 10.8. The second kappa shape index (κ2) is 6.59. The summed E-state index contributed by atoms with van der Waals surface area (Å²) in [6.07, 6.45) is 1.15. The molecule has 2 atom stereocenters. The zero-order valence-electron chi connectivity index (χ0n) is 14.2. The lowest BCUT2D eigenvalue weighted by Gasteiger charge is -2.59. The van der Waals surface area contributed by atoms with Crippen molar-refractivity contribution in [2.45, 2.75) is 45.3 Å². The van der Waals surface area contributed by atoms with Crippen LogP contribution in [0.25, 0.3) is 0 Å².